The number of hydrogen-bond donors (Lipinski definition) is 1. The molecule has 24 heavy (non-hydrogen) atoms. The zero-order valence-electron chi connectivity index (χ0n) is 12.6. The Balaban J connectivity index is 1.61. The summed E-state index contributed by atoms with van der Waals surface area (Å²) in [4.78, 5) is 31.2. The highest BCUT2D eigenvalue weighted by molar-refractivity contribution is 6.03. The van der Waals surface area contributed by atoms with E-state index in [-0.39, 0.29) is 17.7 Å². The van der Waals surface area contributed by atoms with Crippen molar-refractivity contribution in [1.29, 1.82) is 0 Å². The van der Waals surface area contributed by atoms with Crippen molar-refractivity contribution in [3.05, 3.63) is 82.5 Å². The van der Waals surface area contributed by atoms with E-state index in [1.807, 2.05) is 28.8 Å². The molecule has 4 rings (SSSR count). The van der Waals surface area contributed by atoms with Gasteiger partial charge in [0.2, 0.25) is 5.56 Å². The van der Waals surface area contributed by atoms with Crippen molar-refractivity contribution >= 4 is 22.5 Å². The van der Waals surface area contributed by atoms with Crippen LogP contribution in [0, 0.1) is 0 Å². The summed E-state index contributed by atoms with van der Waals surface area (Å²) in [6.07, 6.45) is 3.68. The number of imidazole rings is 1. The molecule has 0 saturated carbocycles. The van der Waals surface area contributed by atoms with Gasteiger partial charge in [0, 0.05) is 29.4 Å². The zero-order valence-corrected chi connectivity index (χ0v) is 12.6. The van der Waals surface area contributed by atoms with Gasteiger partial charge in [-0.05, 0) is 18.2 Å². The number of esters is 1. The summed E-state index contributed by atoms with van der Waals surface area (Å²) in [6, 6.07) is 14.0. The van der Waals surface area contributed by atoms with E-state index in [4.69, 9.17) is 4.74 Å². The van der Waals surface area contributed by atoms with E-state index in [9.17, 15) is 9.59 Å². The molecule has 118 valence electrons. The molecule has 0 aliphatic carbocycles. The molecule has 0 unspecified atom stereocenters. The Morgan fingerprint density at radius 2 is 2.00 bits per heavy atom. The van der Waals surface area contributed by atoms with Gasteiger partial charge in [0.1, 0.15) is 12.3 Å². The lowest BCUT2D eigenvalue weighted by molar-refractivity contribution is 0.0470. The Kier molecular flexibility index (Phi) is 3.35. The van der Waals surface area contributed by atoms with E-state index in [0.29, 0.717) is 16.6 Å². The van der Waals surface area contributed by atoms with Crippen LogP contribution in [0.3, 0.4) is 0 Å². The smallest absolute Gasteiger partial charge is 0.339 e. The normalized spacial score (nSPS) is 11.0. The van der Waals surface area contributed by atoms with Crippen LogP contribution in [0.5, 0.6) is 0 Å². The number of carbonyl (C=O) groups excluding carboxylic acids is 1. The molecule has 1 N–H and O–H groups in total. The molecule has 0 aliphatic heterocycles. The van der Waals surface area contributed by atoms with Crippen molar-refractivity contribution < 1.29 is 9.53 Å². The molecule has 3 aromatic heterocycles. The van der Waals surface area contributed by atoms with Crippen LogP contribution >= 0.6 is 0 Å². The number of carbonyl (C=O) groups is 1. The summed E-state index contributed by atoms with van der Waals surface area (Å²) in [5.74, 6) is -0.547. The van der Waals surface area contributed by atoms with Crippen molar-refractivity contribution in [3.63, 3.8) is 0 Å². The Morgan fingerprint density at radius 1 is 1.17 bits per heavy atom. The van der Waals surface area contributed by atoms with Gasteiger partial charge in [-0.15, -0.1) is 0 Å². The van der Waals surface area contributed by atoms with E-state index in [0.717, 1.165) is 5.65 Å². The van der Waals surface area contributed by atoms with Crippen molar-refractivity contribution in [2.75, 3.05) is 0 Å². The number of nitrogens with one attached hydrogen (secondary N) is 1. The minimum atomic E-state index is -0.547. The molecule has 0 bridgehead atoms. The summed E-state index contributed by atoms with van der Waals surface area (Å²) >= 11 is 0. The number of rotatable bonds is 3. The molecule has 1 aromatic carbocycles. The van der Waals surface area contributed by atoms with Gasteiger partial charge in [-0.3, -0.25) is 4.79 Å². The average molecular weight is 319 g/mol. The predicted molar refractivity (Wildman–Crippen MR) is 88.9 cm³/mol. The molecule has 0 atom stereocenters. The van der Waals surface area contributed by atoms with E-state index < -0.39 is 5.97 Å². The third kappa shape index (κ3) is 2.54. The number of para-hydroxylation sites is 1. The molecule has 0 amide bonds. The van der Waals surface area contributed by atoms with Gasteiger partial charge in [-0.25, -0.2) is 9.78 Å². The predicted octanol–water partition coefficient (Wildman–Crippen LogP) is 2.53. The third-order valence-corrected chi connectivity index (χ3v) is 3.74. The van der Waals surface area contributed by atoms with Crippen molar-refractivity contribution in [2.45, 2.75) is 6.61 Å². The fourth-order valence-electron chi connectivity index (χ4n) is 2.65. The summed E-state index contributed by atoms with van der Waals surface area (Å²) in [6.45, 7) is 0.0433. The van der Waals surface area contributed by atoms with Gasteiger partial charge in [-0.1, -0.05) is 24.3 Å². The zero-order chi connectivity index (χ0) is 16.5. The van der Waals surface area contributed by atoms with Crippen LogP contribution in [0.25, 0.3) is 16.6 Å². The second-order valence-corrected chi connectivity index (χ2v) is 5.37. The van der Waals surface area contributed by atoms with Crippen LogP contribution in [0.1, 0.15) is 16.1 Å². The highest BCUT2D eigenvalue weighted by Crippen LogP contribution is 2.16. The lowest BCUT2D eigenvalue weighted by Crippen LogP contribution is -2.13. The van der Waals surface area contributed by atoms with Gasteiger partial charge in [0.25, 0.3) is 0 Å². The monoisotopic (exact) mass is 319 g/mol. The van der Waals surface area contributed by atoms with Crippen LogP contribution in [0.15, 0.2) is 65.7 Å². The van der Waals surface area contributed by atoms with Crippen LogP contribution in [-0.4, -0.2) is 20.3 Å². The number of H-pyrrole nitrogens is 1. The lowest BCUT2D eigenvalue weighted by atomic mass is 10.1. The van der Waals surface area contributed by atoms with Gasteiger partial charge < -0.3 is 14.1 Å². The van der Waals surface area contributed by atoms with Crippen molar-refractivity contribution in [2.24, 2.45) is 0 Å². The van der Waals surface area contributed by atoms with Crippen LogP contribution < -0.4 is 5.56 Å². The molecule has 0 spiro atoms. The van der Waals surface area contributed by atoms with E-state index in [2.05, 4.69) is 9.97 Å². The number of nitrogens with zero attached hydrogens (tertiary/aromatic N) is 2. The third-order valence-electron chi connectivity index (χ3n) is 3.74. The number of pyridine rings is 2. The highest BCUT2D eigenvalue weighted by atomic mass is 16.5. The Bertz CT molecular complexity index is 1080. The minimum absolute atomic E-state index is 0.0433. The molecule has 0 fully saturated rings. The Morgan fingerprint density at radius 3 is 2.88 bits per heavy atom. The first kappa shape index (κ1) is 14.2. The Hall–Kier alpha value is -3.41. The standard InChI is InChI=1S/C18H13N3O3/c22-17-9-14(13-5-1-2-6-15(13)20-17)18(23)24-11-12-10-21-8-4-3-7-16(21)19-12/h1-10H,11H2,(H,20,22). The number of benzene rings is 1. The summed E-state index contributed by atoms with van der Waals surface area (Å²) in [7, 11) is 0. The van der Waals surface area contributed by atoms with E-state index >= 15 is 0 Å². The number of ether oxygens (including phenoxy) is 1. The van der Waals surface area contributed by atoms with Gasteiger partial charge in [0.05, 0.1) is 11.3 Å². The molecule has 4 aromatic rings. The molecule has 6 nitrogen and oxygen atoms in total. The summed E-state index contributed by atoms with van der Waals surface area (Å²) < 4.78 is 7.19. The molecular formula is C18H13N3O3. The Labute approximate surface area is 136 Å². The van der Waals surface area contributed by atoms with Crippen molar-refractivity contribution in [1.82, 2.24) is 14.4 Å². The molecule has 0 aliphatic rings. The van der Waals surface area contributed by atoms with E-state index in [1.54, 1.807) is 30.5 Å². The summed E-state index contributed by atoms with van der Waals surface area (Å²) in [5.41, 5.74) is 1.94. The first-order valence-corrected chi connectivity index (χ1v) is 7.42. The maximum Gasteiger partial charge on any atom is 0.339 e. The van der Waals surface area contributed by atoms with Gasteiger partial charge in [0.15, 0.2) is 0 Å². The summed E-state index contributed by atoms with van der Waals surface area (Å²) in [5, 5.41) is 0.650. The fourth-order valence-corrected chi connectivity index (χ4v) is 2.65. The topological polar surface area (TPSA) is 76.5 Å². The number of aromatic nitrogens is 3. The minimum Gasteiger partial charge on any atom is -0.455 e. The molecular weight excluding hydrogens is 306 g/mol. The van der Waals surface area contributed by atoms with Crippen LogP contribution in [-0.2, 0) is 11.3 Å². The second-order valence-electron chi connectivity index (χ2n) is 5.37. The maximum atomic E-state index is 12.4. The van der Waals surface area contributed by atoms with Gasteiger partial charge >= 0.3 is 5.97 Å². The number of fused-ring (bicyclic) bond motifs is 2. The molecule has 3 heterocycles. The largest absolute Gasteiger partial charge is 0.455 e. The second kappa shape index (κ2) is 5.66. The van der Waals surface area contributed by atoms with Crippen LogP contribution in [0.2, 0.25) is 0 Å². The first-order valence-electron chi connectivity index (χ1n) is 7.42. The average Bonchev–Trinajstić information content (AvgIpc) is 3.02. The molecule has 0 saturated heterocycles. The first-order chi connectivity index (χ1) is 11.7. The fraction of sp³-hybridized carbons (Fsp3) is 0.0556. The van der Waals surface area contributed by atoms with E-state index in [1.165, 1.54) is 6.07 Å². The number of aromatic amines is 1. The van der Waals surface area contributed by atoms with Crippen molar-refractivity contribution in [3.8, 4) is 0 Å². The maximum absolute atomic E-state index is 12.4. The van der Waals surface area contributed by atoms with Gasteiger partial charge in [-0.2, -0.15) is 0 Å². The SMILES string of the molecule is O=C(OCc1cn2ccccc2n1)c1cc(=O)[nH]c2ccccc12. The molecule has 6 heteroatoms. The van der Waals surface area contributed by atoms with Crippen LogP contribution in [0.4, 0.5) is 0 Å². The highest BCUT2D eigenvalue weighted by Gasteiger charge is 2.14. The number of hydrogen-bond acceptors (Lipinski definition) is 4. The molecule has 0 radical (unpaired) electrons. The quantitative estimate of drug-likeness (QED) is 0.589. The lowest BCUT2D eigenvalue weighted by Gasteiger charge is -2.06.